The van der Waals surface area contributed by atoms with Crippen LogP contribution >= 0.6 is 11.8 Å². The van der Waals surface area contributed by atoms with Crippen LogP contribution in [0.3, 0.4) is 0 Å². The summed E-state index contributed by atoms with van der Waals surface area (Å²) in [5.41, 5.74) is 1.93. The van der Waals surface area contributed by atoms with Crippen LogP contribution in [0.2, 0.25) is 0 Å². The van der Waals surface area contributed by atoms with Crippen molar-refractivity contribution in [2.24, 2.45) is 14.1 Å². The SMILES string of the molecule is Cc1c(NC(=O)CCSc2nnc3n(C)c(=O)c4ccccc4n23)c(=O)n(-c2ccccc2)n1C. The number of fused-ring (bicyclic) bond motifs is 3. The molecule has 0 aliphatic heterocycles. The van der Waals surface area contributed by atoms with Gasteiger partial charge in [0.15, 0.2) is 5.16 Å². The molecule has 0 saturated carbocycles. The monoisotopic (exact) mass is 489 g/mol. The van der Waals surface area contributed by atoms with E-state index in [1.165, 1.54) is 21.0 Å². The van der Waals surface area contributed by atoms with Crippen LogP contribution in [-0.4, -0.2) is 40.2 Å². The maximum atomic E-state index is 13.0. The van der Waals surface area contributed by atoms with E-state index < -0.39 is 0 Å². The van der Waals surface area contributed by atoms with Crippen molar-refractivity contribution in [1.29, 1.82) is 0 Å². The second-order valence-electron chi connectivity index (χ2n) is 8.08. The van der Waals surface area contributed by atoms with Gasteiger partial charge in [-0.2, -0.15) is 0 Å². The van der Waals surface area contributed by atoms with E-state index >= 15 is 0 Å². The van der Waals surface area contributed by atoms with Gasteiger partial charge in [-0.1, -0.05) is 42.1 Å². The van der Waals surface area contributed by atoms with Crippen molar-refractivity contribution in [3.8, 4) is 5.69 Å². The van der Waals surface area contributed by atoms with E-state index in [0.29, 0.717) is 33.3 Å². The van der Waals surface area contributed by atoms with Gasteiger partial charge in [0.25, 0.3) is 11.1 Å². The van der Waals surface area contributed by atoms with Gasteiger partial charge in [-0.25, -0.2) is 4.68 Å². The molecule has 0 atom stereocenters. The average molecular weight is 490 g/mol. The fourth-order valence-corrected chi connectivity index (χ4v) is 4.93. The molecule has 0 aliphatic rings. The molecule has 0 aliphatic carbocycles. The molecule has 178 valence electrons. The highest BCUT2D eigenvalue weighted by atomic mass is 32.2. The Bertz CT molecular complexity index is 1700. The summed E-state index contributed by atoms with van der Waals surface area (Å²) in [6.45, 7) is 1.79. The molecule has 0 spiro atoms. The molecule has 0 fully saturated rings. The van der Waals surface area contributed by atoms with Gasteiger partial charge in [0.2, 0.25) is 11.7 Å². The van der Waals surface area contributed by atoms with Crippen LogP contribution in [0.1, 0.15) is 12.1 Å². The van der Waals surface area contributed by atoms with Crippen LogP contribution in [0.25, 0.3) is 22.4 Å². The highest BCUT2D eigenvalue weighted by Gasteiger charge is 2.19. The summed E-state index contributed by atoms with van der Waals surface area (Å²) in [4.78, 5) is 38.3. The molecule has 35 heavy (non-hydrogen) atoms. The van der Waals surface area contributed by atoms with E-state index in [1.54, 1.807) is 31.8 Å². The van der Waals surface area contributed by atoms with E-state index in [4.69, 9.17) is 0 Å². The Hall–Kier alpha value is -4.12. The first-order valence-corrected chi connectivity index (χ1v) is 12.0. The van der Waals surface area contributed by atoms with Gasteiger partial charge in [-0.05, 0) is 31.2 Å². The minimum Gasteiger partial charge on any atom is -0.320 e. The molecule has 5 aromatic rings. The summed E-state index contributed by atoms with van der Waals surface area (Å²) >= 11 is 1.36. The topological polar surface area (TPSA) is 108 Å². The number of hydrogen-bond acceptors (Lipinski definition) is 6. The zero-order chi connectivity index (χ0) is 24.7. The maximum Gasteiger partial charge on any atom is 0.295 e. The summed E-state index contributed by atoms with van der Waals surface area (Å²) < 4.78 is 6.53. The zero-order valence-corrected chi connectivity index (χ0v) is 20.2. The lowest BCUT2D eigenvalue weighted by Crippen LogP contribution is -2.23. The van der Waals surface area contributed by atoms with Crippen LogP contribution in [-0.2, 0) is 18.9 Å². The van der Waals surface area contributed by atoms with Crippen molar-refractivity contribution >= 4 is 40.0 Å². The van der Waals surface area contributed by atoms with Crippen LogP contribution in [0.5, 0.6) is 0 Å². The van der Waals surface area contributed by atoms with Crippen LogP contribution in [0, 0.1) is 6.92 Å². The Morgan fingerprint density at radius 2 is 1.69 bits per heavy atom. The zero-order valence-electron chi connectivity index (χ0n) is 19.4. The number of nitrogens with zero attached hydrogens (tertiary/aromatic N) is 6. The smallest absolute Gasteiger partial charge is 0.295 e. The Morgan fingerprint density at radius 1 is 0.971 bits per heavy atom. The first-order chi connectivity index (χ1) is 16.9. The van der Waals surface area contributed by atoms with Crippen LogP contribution in [0.15, 0.2) is 69.3 Å². The predicted molar refractivity (Wildman–Crippen MR) is 135 cm³/mol. The number of nitrogens with one attached hydrogen (secondary N) is 1. The third-order valence-electron chi connectivity index (χ3n) is 5.98. The largest absolute Gasteiger partial charge is 0.320 e. The second kappa shape index (κ2) is 8.91. The lowest BCUT2D eigenvalue weighted by molar-refractivity contribution is -0.115. The number of para-hydroxylation sites is 2. The molecular formula is C24H23N7O3S. The minimum absolute atomic E-state index is 0.143. The number of aromatic nitrogens is 6. The fourth-order valence-electron chi connectivity index (χ4n) is 4.05. The average Bonchev–Trinajstić information content (AvgIpc) is 3.38. The standard InChI is InChI=1S/C24H23N7O3S/c1-15-20(22(34)31(29(15)3)16-9-5-4-6-10-16)25-19(32)13-14-35-24-27-26-23-28(2)21(33)17-11-7-8-12-18(17)30(23)24/h4-12H,13-14H2,1-3H3,(H,25,32). The molecule has 10 nitrogen and oxygen atoms in total. The van der Waals surface area contributed by atoms with Gasteiger partial charge in [0, 0.05) is 26.3 Å². The fraction of sp³-hybridized carbons (Fsp3) is 0.208. The maximum absolute atomic E-state index is 13.0. The molecule has 3 heterocycles. The van der Waals surface area contributed by atoms with Crippen molar-refractivity contribution in [3.63, 3.8) is 0 Å². The normalized spacial score (nSPS) is 11.4. The number of thioether (sulfide) groups is 1. The second-order valence-corrected chi connectivity index (χ2v) is 9.14. The van der Waals surface area contributed by atoms with Gasteiger partial charge in [-0.3, -0.25) is 28.0 Å². The van der Waals surface area contributed by atoms with E-state index in [9.17, 15) is 14.4 Å². The summed E-state index contributed by atoms with van der Waals surface area (Å²) in [6.07, 6.45) is 0.169. The number of aryl methyl sites for hydroxylation is 1. The third kappa shape index (κ3) is 3.83. The number of anilines is 1. The van der Waals surface area contributed by atoms with Crippen LogP contribution in [0.4, 0.5) is 5.69 Å². The van der Waals surface area contributed by atoms with E-state index in [1.807, 2.05) is 52.9 Å². The molecule has 1 N–H and O–H groups in total. The van der Waals surface area contributed by atoms with Gasteiger partial charge in [0.05, 0.1) is 22.3 Å². The summed E-state index contributed by atoms with van der Waals surface area (Å²) in [6, 6.07) is 16.6. The first kappa shape index (κ1) is 22.7. The number of benzene rings is 2. The van der Waals surface area contributed by atoms with Crippen molar-refractivity contribution in [2.75, 3.05) is 11.1 Å². The minimum atomic E-state index is -0.284. The highest BCUT2D eigenvalue weighted by molar-refractivity contribution is 7.99. The molecule has 1 amide bonds. The summed E-state index contributed by atoms with van der Waals surface area (Å²) in [5, 5.41) is 12.3. The summed E-state index contributed by atoms with van der Waals surface area (Å²) in [7, 11) is 3.44. The van der Waals surface area contributed by atoms with Gasteiger partial charge >= 0.3 is 0 Å². The van der Waals surface area contributed by atoms with Crippen molar-refractivity contribution in [2.45, 2.75) is 18.5 Å². The molecule has 0 unspecified atom stereocenters. The lowest BCUT2D eigenvalue weighted by atomic mass is 10.2. The van der Waals surface area contributed by atoms with E-state index in [2.05, 4.69) is 15.5 Å². The number of rotatable bonds is 6. The van der Waals surface area contributed by atoms with Crippen molar-refractivity contribution < 1.29 is 4.79 Å². The van der Waals surface area contributed by atoms with Crippen molar-refractivity contribution in [1.82, 2.24) is 28.5 Å². The van der Waals surface area contributed by atoms with Crippen molar-refractivity contribution in [3.05, 3.63) is 81.0 Å². The first-order valence-electron chi connectivity index (χ1n) is 11.0. The van der Waals surface area contributed by atoms with Gasteiger partial charge in [-0.15, -0.1) is 10.2 Å². The van der Waals surface area contributed by atoms with E-state index in [-0.39, 0.29) is 29.1 Å². The summed E-state index contributed by atoms with van der Waals surface area (Å²) in [5.74, 6) is 0.583. The molecular weight excluding hydrogens is 466 g/mol. The molecule has 0 bridgehead atoms. The highest BCUT2D eigenvalue weighted by Crippen LogP contribution is 2.22. The number of carbonyl (C=O) groups excluding carboxylic acids is 1. The molecule has 3 aromatic heterocycles. The van der Waals surface area contributed by atoms with Crippen LogP contribution < -0.4 is 16.4 Å². The number of amides is 1. The molecule has 5 rings (SSSR count). The predicted octanol–water partition coefficient (Wildman–Crippen LogP) is 2.50. The molecule has 11 heteroatoms. The Kier molecular flexibility index (Phi) is 5.77. The lowest BCUT2D eigenvalue weighted by Gasteiger charge is -2.07. The Morgan fingerprint density at radius 3 is 2.46 bits per heavy atom. The van der Waals surface area contributed by atoms with E-state index in [0.717, 1.165) is 5.69 Å². The third-order valence-corrected chi connectivity index (χ3v) is 6.91. The van der Waals surface area contributed by atoms with Gasteiger partial charge in [0.1, 0.15) is 5.69 Å². The number of hydrogen-bond donors (Lipinski definition) is 1. The molecule has 0 radical (unpaired) electrons. The quantitative estimate of drug-likeness (QED) is 0.367. The Labute approximate surface area is 203 Å². The Balaban J connectivity index is 1.34. The number of carbonyl (C=O) groups is 1. The molecule has 0 saturated heterocycles. The van der Waals surface area contributed by atoms with Gasteiger partial charge < -0.3 is 5.32 Å². The molecule has 2 aromatic carbocycles.